The van der Waals surface area contributed by atoms with Crippen molar-refractivity contribution >= 4 is 25.3 Å². The van der Waals surface area contributed by atoms with Crippen LogP contribution in [0.15, 0.2) is 0 Å². The summed E-state index contributed by atoms with van der Waals surface area (Å²) in [6.45, 7) is 4.49. The normalized spacial score (nSPS) is 9.47. The Bertz CT molecular complexity index is 95.3. The van der Waals surface area contributed by atoms with Crippen molar-refractivity contribution < 1.29 is 20.4 Å². The monoisotopic (exact) mass is 396 g/mol. The Kier molecular flexibility index (Phi) is 36.9. The molecule has 3 heteroatoms. The molecule has 0 aromatic rings. The van der Waals surface area contributed by atoms with Gasteiger partial charge in [-0.2, -0.15) is 11.5 Å². The molecule has 0 saturated carbocycles. The van der Waals surface area contributed by atoms with Gasteiger partial charge in [-0.3, -0.25) is 0 Å². The van der Waals surface area contributed by atoms with Gasteiger partial charge in [-0.25, -0.2) is 0 Å². The molecule has 0 aromatic heterocycles. The van der Waals surface area contributed by atoms with Crippen molar-refractivity contribution in [3.63, 3.8) is 0 Å². The van der Waals surface area contributed by atoms with Crippen LogP contribution in [0.3, 0.4) is 0 Å². The van der Waals surface area contributed by atoms with Crippen LogP contribution in [0, 0.1) is 0 Å². The van der Waals surface area contributed by atoms with E-state index in [4.69, 9.17) is 25.3 Å². The van der Waals surface area contributed by atoms with Gasteiger partial charge in [0.1, 0.15) is 0 Å². The second-order valence-corrected chi connectivity index (χ2v) is 5.76. The van der Waals surface area contributed by atoms with Gasteiger partial charge in [-0.15, -0.1) is 0 Å². The number of hydrogen-bond donors (Lipinski definition) is 0. The molecule has 0 fully saturated rings. The van der Waals surface area contributed by atoms with Crippen LogP contribution >= 0.6 is 0 Å². The fourth-order valence-corrected chi connectivity index (χ4v) is 2.17. The largest absolute Gasteiger partial charge is 2.00 e. The van der Waals surface area contributed by atoms with Crippen LogP contribution in [0.4, 0.5) is 0 Å². The van der Waals surface area contributed by atoms with Crippen LogP contribution in [-0.4, -0.2) is 11.5 Å². The molecule has 0 aliphatic heterocycles. The average molecular weight is 397 g/mol. The van der Waals surface area contributed by atoms with Crippen molar-refractivity contribution in [2.75, 3.05) is 11.5 Å². The van der Waals surface area contributed by atoms with E-state index in [1.807, 2.05) is 0 Å². The number of hydrogen-bond acceptors (Lipinski definition) is 2. The topological polar surface area (TPSA) is 0 Å². The van der Waals surface area contributed by atoms with Gasteiger partial charge in [0.25, 0.3) is 0 Å². The number of unbranched alkanes of at least 4 members (excludes halogenated alkanes) is 10. The molecule has 0 bridgehead atoms. The molecule has 0 aromatic carbocycles. The van der Waals surface area contributed by atoms with E-state index in [0.717, 1.165) is 11.5 Å². The van der Waals surface area contributed by atoms with Crippen LogP contribution in [0.1, 0.15) is 90.9 Å². The molecule has 0 saturated heterocycles. The summed E-state index contributed by atoms with van der Waals surface area (Å²) >= 11 is 9.66. The third-order valence-electron chi connectivity index (χ3n) is 3.00. The van der Waals surface area contributed by atoms with E-state index in [1.54, 1.807) is 0 Å². The molecule has 0 heterocycles. The summed E-state index contributed by atoms with van der Waals surface area (Å²) in [5, 5.41) is 0. The maximum absolute atomic E-state index is 4.83. The second kappa shape index (κ2) is 27.7. The summed E-state index contributed by atoms with van der Waals surface area (Å²) in [6, 6.07) is 0. The molecular formula is C16H34PdS2. The molecule has 0 atom stereocenters. The van der Waals surface area contributed by atoms with Crippen molar-refractivity contribution in [1.82, 2.24) is 0 Å². The summed E-state index contributed by atoms with van der Waals surface area (Å²) in [4.78, 5) is 0. The van der Waals surface area contributed by atoms with Crippen molar-refractivity contribution in [2.45, 2.75) is 90.9 Å². The van der Waals surface area contributed by atoms with E-state index in [-0.39, 0.29) is 20.4 Å². The standard InChI is InChI=1S/2C8H18S.Pd/c2*1-2-3-4-5-6-7-8-9;/h2*9H,2-8H2,1H3;/q;;+2/p-2. The summed E-state index contributed by atoms with van der Waals surface area (Å²) in [7, 11) is 0. The van der Waals surface area contributed by atoms with Crippen molar-refractivity contribution in [3.8, 4) is 0 Å². The minimum absolute atomic E-state index is 0. The van der Waals surface area contributed by atoms with Crippen LogP contribution < -0.4 is 0 Å². The molecule has 19 heavy (non-hydrogen) atoms. The Morgan fingerprint density at radius 2 is 0.737 bits per heavy atom. The van der Waals surface area contributed by atoms with E-state index in [2.05, 4.69) is 13.8 Å². The minimum Gasteiger partial charge on any atom is -0.793 e. The zero-order chi connectivity index (χ0) is 13.9. The zero-order valence-electron chi connectivity index (χ0n) is 13.0. The van der Waals surface area contributed by atoms with Gasteiger partial charge in [0.05, 0.1) is 0 Å². The number of rotatable bonds is 12. The first kappa shape index (κ1) is 25.3. The molecule has 0 amide bonds. The smallest absolute Gasteiger partial charge is 0.793 e. The van der Waals surface area contributed by atoms with Gasteiger partial charge in [0, 0.05) is 0 Å². The molecule has 0 aliphatic carbocycles. The third-order valence-corrected chi connectivity index (χ3v) is 3.57. The van der Waals surface area contributed by atoms with E-state index in [9.17, 15) is 0 Å². The Labute approximate surface area is 147 Å². The van der Waals surface area contributed by atoms with E-state index in [1.165, 1.54) is 77.0 Å². The summed E-state index contributed by atoms with van der Waals surface area (Å²) in [6.07, 6.45) is 16.3. The average Bonchev–Trinajstić information content (AvgIpc) is 2.39. The molecule has 0 spiro atoms. The fraction of sp³-hybridized carbons (Fsp3) is 1.00. The van der Waals surface area contributed by atoms with Crippen LogP contribution in [-0.2, 0) is 45.7 Å². The zero-order valence-corrected chi connectivity index (χ0v) is 16.2. The molecule has 0 rings (SSSR count). The summed E-state index contributed by atoms with van der Waals surface area (Å²) < 4.78 is 0. The van der Waals surface area contributed by atoms with Crippen LogP contribution in [0.25, 0.3) is 0 Å². The summed E-state index contributed by atoms with van der Waals surface area (Å²) in [5.41, 5.74) is 0. The minimum atomic E-state index is 0. The maximum Gasteiger partial charge on any atom is 2.00 e. The molecule has 0 aliphatic rings. The Morgan fingerprint density at radius 3 is 1.00 bits per heavy atom. The van der Waals surface area contributed by atoms with Crippen molar-refractivity contribution in [1.29, 1.82) is 0 Å². The van der Waals surface area contributed by atoms with Crippen molar-refractivity contribution in [2.24, 2.45) is 0 Å². The first-order chi connectivity index (χ1) is 8.83. The van der Waals surface area contributed by atoms with Gasteiger partial charge < -0.3 is 25.3 Å². The molecule has 0 nitrogen and oxygen atoms in total. The Balaban J connectivity index is -0.000000256. The third kappa shape index (κ3) is 32.7. The molecule has 0 N–H and O–H groups in total. The quantitative estimate of drug-likeness (QED) is 0.233. The predicted octanol–water partition coefficient (Wildman–Crippen LogP) is 5.79. The molecule has 0 unspecified atom stereocenters. The first-order valence-electron chi connectivity index (χ1n) is 7.99. The predicted molar refractivity (Wildman–Crippen MR) is 91.2 cm³/mol. The maximum atomic E-state index is 4.83. The SMILES string of the molecule is CCCCCCCC[S-].CCCCCCCC[S-].[Pd+2]. The van der Waals surface area contributed by atoms with Gasteiger partial charge >= 0.3 is 20.4 Å². The second-order valence-electron chi connectivity index (χ2n) is 4.94. The van der Waals surface area contributed by atoms with E-state index < -0.39 is 0 Å². The molecule has 120 valence electrons. The fourth-order valence-electron chi connectivity index (χ4n) is 1.76. The molecule has 0 radical (unpaired) electrons. The Hall–Kier alpha value is 1.36. The van der Waals surface area contributed by atoms with E-state index >= 15 is 0 Å². The van der Waals surface area contributed by atoms with Crippen LogP contribution in [0.5, 0.6) is 0 Å². The Morgan fingerprint density at radius 1 is 0.474 bits per heavy atom. The van der Waals surface area contributed by atoms with Crippen molar-refractivity contribution in [3.05, 3.63) is 0 Å². The van der Waals surface area contributed by atoms with Gasteiger partial charge in [0.15, 0.2) is 0 Å². The van der Waals surface area contributed by atoms with E-state index in [0.29, 0.717) is 0 Å². The summed E-state index contributed by atoms with van der Waals surface area (Å²) in [5.74, 6) is 1.90. The molecular weight excluding hydrogens is 363 g/mol. The van der Waals surface area contributed by atoms with Crippen LogP contribution in [0.2, 0.25) is 0 Å². The van der Waals surface area contributed by atoms with Gasteiger partial charge in [-0.05, 0) is 0 Å². The first-order valence-corrected chi connectivity index (χ1v) is 9.15. The van der Waals surface area contributed by atoms with Gasteiger partial charge in [-0.1, -0.05) is 90.9 Å². The van der Waals surface area contributed by atoms with Gasteiger partial charge in [0.2, 0.25) is 0 Å².